The Morgan fingerprint density at radius 2 is 2.28 bits per heavy atom. The molecular formula is C12H13N3O2S. The molecule has 1 atom stereocenters. The van der Waals surface area contributed by atoms with Crippen LogP contribution in [-0.4, -0.2) is 9.91 Å². The maximum Gasteiger partial charge on any atom is 0.292 e. The molecule has 5 nitrogen and oxygen atoms in total. The average Bonchev–Trinajstić information content (AvgIpc) is 2.85. The lowest BCUT2D eigenvalue weighted by Gasteiger charge is -2.14. The van der Waals surface area contributed by atoms with Crippen LogP contribution in [0.3, 0.4) is 0 Å². The summed E-state index contributed by atoms with van der Waals surface area (Å²) >= 11 is 1.53. The molecule has 18 heavy (non-hydrogen) atoms. The number of hydrogen-bond donors (Lipinski definition) is 1. The Bertz CT molecular complexity index is 554. The highest BCUT2D eigenvalue weighted by molar-refractivity contribution is 7.09. The number of aryl methyl sites for hydroxylation is 1. The van der Waals surface area contributed by atoms with Crippen LogP contribution in [0.2, 0.25) is 0 Å². The highest BCUT2D eigenvalue weighted by Gasteiger charge is 2.18. The van der Waals surface area contributed by atoms with Crippen molar-refractivity contribution in [2.45, 2.75) is 19.9 Å². The van der Waals surface area contributed by atoms with Gasteiger partial charge in [-0.25, -0.2) is 4.98 Å². The van der Waals surface area contributed by atoms with Gasteiger partial charge in [0.1, 0.15) is 10.7 Å². The average molecular weight is 263 g/mol. The van der Waals surface area contributed by atoms with Gasteiger partial charge in [-0.1, -0.05) is 12.1 Å². The molecule has 0 spiro atoms. The lowest BCUT2D eigenvalue weighted by Crippen LogP contribution is -2.09. The third-order valence-corrected chi connectivity index (χ3v) is 3.59. The van der Waals surface area contributed by atoms with Gasteiger partial charge in [-0.2, -0.15) is 0 Å². The van der Waals surface area contributed by atoms with E-state index in [1.807, 2.05) is 25.3 Å². The van der Waals surface area contributed by atoms with E-state index in [-0.39, 0.29) is 16.7 Å². The van der Waals surface area contributed by atoms with Crippen LogP contribution < -0.4 is 5.32 Å². The van der Waals surface area contributed by atoms with E-state index in [0.29, 0.717) is 5.69 Å². The lowest BCUT2D eigenvalue weighted by atomic mass is 10.1. The van der Waals surface area contributed by atoms with Crippen LogP contribution in [0.4, 0.5) is 11.4 Å². The van der Waals surface area contributed by atoms with Gasteiger partial charge in [0, 0.05) is 17.6 Å². The number of nitrogens with zero attached hydrogens (tertiary/aromatic N) is 2. The van der Waals surface area contributed by atoms with Gasteiger partial charge >= 0.3 is 0 Å². The van der Waals surface area contributed by atoms with Crippen LogP contribution in [-0.2, 0) is 0 Å². The number of nitro groups is 1. The van der Waals surface area contributed by atoms with Crippen LogP contribution in [0.1, 0.15) is 23.5 Å². The fourth-order valence-electron chi connectivity index (χ4n) is 1.72. The van der Waals surface area contributed by atoms with Gasteiger partial charge in [0.25, 0.3) is 5.69 Å². The molecule has 0 aliphatic rings. The summed E-state index contributed by atoms with van der Waals surface area (Å²) in [6, 6.07) is 4.99. The second-order valence-corrected chi connectivity index (χ2v) is 4.89. The second-order valence-electron chi connectivity index (χ2n) is 3.96. The normalized spacial score (nSPS) is 12.1. The van der Waals surface area contributed by atoms with Gasteiger partial charge < -0.3 is 5.32 Å². The van der Waals surface area contributed by atoms with Crippen molar-refractivity contribution in [3.8, 4) is 0 Å². The Morgan fingerprint density at radius 3 is 2.89 bits per heavy atom. The molecule has 1 heterocycles. The number of nitro benzene ring substituents is 1. The summed E-state index contributed by atoms with van der Waals surface area (Å²) in [4.78, 5) is 14.8. The van der Waals surface area contributed by atoms with Crippen LogP contribution in [0.15, 0.2) is 29.8 Å². The molecule has 0 radical (unpaired) electrons. The molecule has 6 heteroatoms. The fourth-order valence-corrected chi connectivity index (χ4v) is 2.36. The first-order valence-electron chi connectivity index (χ1n) is 5.49. The van der Waals surface area contributed by atoms with Crippen molar-refractivity contribution in [3.05, 3.63) is 50.5 Å². The Kier molecular flexibility index (Phi) is 3.57. The quantitative estimate of drug-likeness (QED) is 0.676. The molecule has 0 fully saturated rings. The first kappa shape index (κ1) is 12.5. The van der Waals surface area contributed by atoms with Crippen LogP contribution >= 0.6 is 11.3 Å². The lowest BCUT2D eigenvalue weighted by molar-refractivity contribution is -0.384. The minimum absolute atomic E-state index is 0.0511. The van der Waals surface area contributed by atoms with Gasteiger partial charge in [-0.05, 0) is 19.4 Å². The van der Waals surface area contributed by atoms with Crippen molar-refractivity contribution in [2.24, 2.45) is 0 Å². The van der Waals surface area contributed by atoms with E-state index in [2.05, 4.69) is 10.3 Å². The Morgan fingerprint density at radius 1 is 1.50 bits per heavy atom. The van der Waals surface area contributed by atoms with Crippen molar-refractivity contribution < 1.29 is 4.92 Å². The molecule has 0 saturated carbocycles. The largest absolute Gasteiger partial charge is 0.370 e. The van der Waals surface area contributed by atoms with E-state index < -0.39 is 0 Å². The van der Waals surface area contributed by atoms with Gasteiger partial charge in [0.2, 0.25) is 0 Å². The van der Waals surface area contributed by atoms with E-state index >= 15 is 0 Å². The van der Waals surface area contributed by atoms with Gasteiger partial charge in [0.05, 0.1) is 11.0 Å². The van der Waals surface area contributed by atoms with Gasteiger partial charge in [0.15, 0.2) is 0 Å². The SMILES string of the molecule is Cc1cccc([N+](=O)[O-])c1NC(C)c1nccs1. The third kappa shape index (κ3) is 2.48. The second kappa shape index (κ2) is 5.14. The van der Waals surface area contributed by atoms with Crippen molar-refractivity contribution in [1.82, 2.24) is 4.98 Å². The molecule has 2 aromatic rings. The molecule has 94 valence electrons. The van der Waals surface area contributed by atoms with E-state index in [1.165, 1.54) is 17.4 Å². The van der Waals surface area contributed by atoms with Crippen LogP contribution in [0.5, 0.6) is 0 Å². The van der Waals surface area contributed by atoms with Crippen molar-refractivity contribution >= 4 is 22.7 Å². The van der Waals surface area contributed by atoms with Crippen LogP contribution in [0, 0.1) is 17.0 Å². The van der Waals surface area contributed by atoms with Crippen LogP contribution in [0.25, 0.3) is 0 Å². The minimum Gasteiger partial charge on any atom is -0.370 e. The topological polar surface area (TPSA) is 68.1 Å². The highest BCUT2D eigenvalue weighted by atomic mass is 32.1. The fraction of sp³-hybridized carbons (Fsp3) is 0.250. The molecule has 1 unspecified atom stereocenters. The molecule has 0 aliphatic heterocycles. The monoisotopic (exact) mass is 263 g/mol. The summed E-state index contributed by atoms with van der Waals surface area (Å²) in [5, 5.41) is 17.0. The first-order valence-corrected chi connectivity index (χ1v) is 6.37. The molecule has 0 amide bonds. The van der Waals surface area contributed by atoms with Crippen molar-refractivity contribution in [3.63, 3.8) is 0 Å². The van der Waals surface area contributed by atoms with E-state index in [9.17, 15) is 10.1 Å². The highest BCUT2D eigenvalue weighted by Crippen LogP contribution is 2.31. The predicted molar refractivity (Wildman–Crippen MR) is 72.0 cm³/mol. The van der Waals surface area contributed by atoms with E-state index in [1.54, 1.807) is 12.3 Å². The third-order valence-electron chi connectivity index (χ3n) is 2.63. The molecule has 1 aromatic heterocycles. The molecule has 0 bridgehead atoms. The zero-order valence-corrected chi connectivity index (χ0v) is 10.9. The number of nitrogens with one attached hydrogen (secondary N) is 1. The number of para-hydroxylation sites is 1. The minimum atomic E-state index is -0.371. The molecule has 1 aromatic carbocycles. The Hall–Kier alpha value is -1.95. The molecular weight excluding hydrogens is 250 g/mol. The number of thiazole rings is 1. The number of aromatic nitrogens is 1. The van der Waals surface area contributed by atoms with Crippen molar-refractivity contribution in [1.29, 1.82) is 0 Å². The molecule has 0 saturated heterocycles. The molecule has 2 rings (SSSR count). The number of hydrogen-bond acceptors (Lipinski definition) is 5. The molecule has 0 aliphatic carbocycles. The number of benzene rings is 1. The predicted octanol–water partition coefficient (Wildman–Crippen LogP) is 3.53. The summed E-state index contributed by atoms with van der Waals surface area (Å²) in [5.41, 5.74) is 1.51. The Balaban J connectivity index is 2.31. The van der Waals surface area contributed by atoms with Gasteiger partial charge in [-0.15, -0.1) is 11.3 Å². The summed E-state index contributed by atoms with van der Waals surface area (Å²) in [7, 11) is 0. The van der Waals surface area contributed by atoms with Gasteiger partial charge in [-0.3, -0.25) is 10.1 Å². The maximum atomic E-state index is 11.0. The summed E-state index contributed by atoms with van der Waals surface area (Å²) in [5.74, 6) is 0. The number of anilines is 1. The smallest absolute Gasteiger partial charge is 0.292 e. The van der Waals surface area contributed by atoms with E-state index in [4.69, 9.17) is 0 Å². The molecule has 1 N–H and O–H groups in total. The maximum absolute atomic E-state index is 11.0. The first-order chi connectivity index (χ1) is 8.59. The Labute approximate surface area is 109 Å². The summed E-state index contributed by atoms with van der Waals surface area (Å²) < 4.78 is 0. The zero-order valence-electron chi connectivity index (χ0n) is 10.1. The summed E-state index contributed by atoms with van der Waals surface area (Å²) in [6.45, 7) is 3.79. The summed E-state index contributed by atoms with van der Waals surface area (Å²) in [6.07, 6.45) is 1.73. The number of rotatable bonds is 4. The van der Waals surface area contributed by atoms with E-state index in [0.717, 1.165) is 10.6 Å². The van der Waals surface area contributed by atoms with Crippen molar-refractivity contribution in [2.75, 3.05) is 5.32 Å². The zero-order chi connectivity index (χ0) is 13.1. The standard InChI is InChI=1S/C12H13N3O2S/c1-8-4-3-5-10(15(16)17)11(8)14-9(2)12-13-6-7-18-12/h3-7,9,14H,1-2H3.